The summed E-state index contributed by atoms with van der Waals surface area (Å²) in [5, 5.41) is 9.86. The lowest BCUT2D eigenvalue weighted by Gasteiger charge is -2.37. The molecule has 8 heteroatoms. The molecule has 1 amide bonds. The molecule has 0 spiro atoms. The van der Waals surface area contributed by atoms with Gasteiger partial charge in [0.25, 0.3) is 5.91 Å². The summed E-state index contributed by atoms with van der Waals surface area (Å²) in [6.45, 7) is 5.58. The van der Waals surface area contributed by atoms with E-state index in [4.69, 9.17) is 4.74 Å². The van der Waals surface area contributed by atoms with Crippen molar-refractivity contribution in [2.75, 3.05) is 26.7 Å². The number of aliphatic hydroxyl groups is 1. The molecule has 0 saturated carbocycles. The van der Waals surface area contributed by atoms with Gasteiger partial charge >= 0.3 is 0 Å². The number of rotatable bonds is 6. The van der Waals surface area contributed by atoms with Crippen LogP contribution >= 0.6 is 0 Å². The monoisotopic (exact) mass is 485 g/mol. The Morgan fingerprint density at radius 1 is 1.19 bits per heavy atom. The molecule has 0 radical (unpaired) electrons. The number of fused-ring (bicyclic) bond motifs is 1. The molecule has 3 aromatic rings. The second-order valence-electron chi connectivity index (χ2n) is 9.22. The molecule has 8 nitrogen and oxygen atoms in total. The lowest BCUT2D eigenvalue weighted by Crippen LogP contribution is -2.49. The molecular weight excluding hydrogens is 454 g/mol. The summed E-state index contributed by atoms with van der Waals surface area (Å²) < 4.78 is 6.37. The second-order valence-corrected chi connectivity index (χ2v) is 9.22. The van der Waals surface area contributed by atoms with Crippen LogP contribution in [0.15, 0.2) is 61.2 Å². The number of aromatic nitrogens is 3. The van der Waals surface area contributed by atoms with Crippen LogP contribution in [0.1, 0.15) is 41.0 Å². The zero-order valence-electron chi connectivity index (χ0n) is 20.8. The molecule has 1 aliphatic rings. The van der Waals surface area contributed by atoms with E-state index in [0.717, 1.165) is 12.1 Å². The Labute approximate surface area is 212 Å². The van der Waals surface area contributed by atoms with Crippen LogP contribution < -0.4 is 4.74 Å². The molecule has 0 bridgehead atoms. The average Bonchev–Trinajstić information content (AvgIpc) is 2.90. The zero-order valence-corrected chi connectivity index (χ0v) is 20.8. The predicted octanol–water partition coefficient (Wildman–Crippen LogP) is 2.62. The fourth-order valence-corrected chi connectivity index (χ4v) is 4.14. The van der Waals surface area contributed by atoms with Gasteiger partial charge in [0.15, 0.2) is 0 Å². The summed E-state index contributed by atoms with van der Waals surface area (Å²) in [6, 6.07) is 10.9. The molecule has 186 valence electrons. The van der Waals surface area contributed by atoms with Crippen LogP contribution in [0.4, 0.5) is 0 Å². The van der Waals surface area contributed by atoms with E-state index in [0.29, 0.717) is 29.9 Å². The Hall–Kier alpha value is -3.80. The third-order valence-corrected chi connectivity index (χ3v) is 6.19. The molecule has 0 aliphatic carbocycles. The van der Waals surface area contributed by atoms with Crippen LogP contribution in [0.2, 0.25) is 0 Å². The van der Waals surface area contributed by atoms with E-state index < -0.39 is 0 Å². The zero-order chi connectivity index (χ0) is 25.5. The van der Waals surface area contributed by atoms with Gasteiger partial charge in [0, 0.05) is 55.9 Å². The van der Waals surface area contributed by atoms with Gasteiger partial charge in [0.05, 0.1) is 12.6 Å². The minimum atomic E-state index is -0.345. The number of carbonyl (C=O) groups is 1. The van der Waals surface area contributed by atoms with Crippen LogP contribution in [-0.2, 0) is 6.54 Å². The van der Waals surface area contributed by atoms with Crippen molar-refractivity contribution in [2.24, 2.45) is 5.92 Å². The predicted molar refractivity (Wildman–Crippen MR) is 136 cm³/mol. The fraction of sp³-hybridized carbons (Fsp3) is 0.357. The minimum absolute atomic E-state index is 0.0119. The second kappa shape index (κ2) is 11.8. The van der Waals surface area contributed by atoms with Gasteiger partial charge in [-0.15, -0.1) is 0 Å². The highest BCUT2D eigenvalue weighted by molar-refractivity contribution is 5.97. The van der Waals surface area contributed by atoms with Gasteiger partial charge in [-0.3, -0.25) is 14.7 Å². The molecule has 0 fully saturated rings. The van der Waals surface area contributed by atoms with Gasteiger partial charge < -0.3 is 14.7 Å². The van der Waals surface area contributed by atoms with E-state index in [1.54, 1.807) is 29.6 Å². The highest BCUT2D eigenvalue weighted by Gasteiger charge is 2.34. The number of aliphatic hydroxyl groups excluding tert-OH is 1. The minimum Gasteiger partial charge on any atom is -0.472 e. The first-order chi connectivity index (χ1) is 17.4. The highest BCUT2D eigenvalue weighted by Crippen LogP contribution is 2.27. The van der Waals surface area contributed by atoms with E-state index in [1.807, 2.05) is 50.5 Å². The van der Waals surface area contributed by atoms with Crippen molar-refractivity contribution in [3.8, 4) is 17.7 Å². The van der Waals surface area contributed by atoms with E-state index in [9.17, 15) is 9.90 Å². The van der Waals surface area contributed by atoms with Gasteiger partial charge in [-0.25, -0.2) is 9.97 Å². The molecule has 0 aromatic carbocycles. The lowest BCUT2D eigenvalue weighted by atomic mass is 9.99. The number of hydrogen-bond acceptors (Lipinski definition) is 7. The van der Waals surface area contributed by atoms with E-state index >= 15 is 0 Å². The summed E-state index contributed by atoms with van der Waals surface area (Å²) in [5.41, 5.74) is 2.67. The van der Waals surface area contributed by atoms with Crippen LogP contribution in [0, 0.1) is 17.8 Å². The average molecular weight is 486 g/mol. The van der Waals surface area contributed by atoms with Crippen molar-refractivity contribution < 1.29 is 14.6 Å². The van der Waals surface area contributed by atoms with Crippen molar-refractivity contribution >= 4 is 5.91 Å². The molecule has 4 heterocycles. The van der Waals surface area contributed by atoms with Crippen molar-refractivity contribution in [1.82, 2.24) is 24.8 Å². The fourth-order valence-electron chi connectivity index (χ4n) is 4.14. The van der Waals surface area contributed by atoms with Gasteiger partial charge in [-0.1, -0.05) is 25.0 Å². The van der Waals surface area contributed by atoms with Crippen molar-refractivity contribution in [3.05, 3.63) is 83.6 Å². The van der Waals surface area contributed by atoms with Gasteiger partial charge in [-0.2, -0.15) is 0 Å². The maximum atomic E-state index is 13.5. The molecule has 0 saturated heterocycles. The largest absolute Gasteiger partial charge is 0.472 e. The molecule has 3 atom stereocenters. The van der Waals surface area contributed by atoms with Crippen LogP contribution in [0.3, 0.4) is 0 Å². The molecular formula is C28H31N5O3. The SMILES string of the molecule is C[C@@H]1CN([C@H](C)CO)C(=O)c2cc(C#Cc3ccccn3)cnc2O[C@@H]1CN(C)Cc1cccnc1. The quantitative estimate of drug-likeness (QED) is 0.537. The maximum Gasteiger partial charge on any atom is 0.259 e. The van der Waals surface area contributed by atoms with Gasteiger partial charge in [0.2, 0.25) is 5.88 Å². The summed E-state index contributed by atoms with van der Waals surface area (Å²) in [5.74, 6) is 6.11. The van der Waals surface area contributed by atoms with Crippen molar-refractivity contribution in [1.29, 1.82) is 0 Å². The number of hydrogen-bond donors (Lipinski definition) is 1. The standard InChI is InChI=1S/C28H31N5O3/c1-20-16-33(21(2)19-34)28(35)25-13-22(9-10-24-8-4-5-12-30-24)15-31-27(25)36-26(20)18-32(3)17-23-7-6-11-29-14-23/h4-8,11-15,20-21,26,34H,16-19H2,1-3H3/t20-,21-,26-/m1/s1. The molecule has 1 aliphatic heterocycles. The molecule has 36 heavy (non-hydrogen) atoms. The lowest BCUT2D eigenvalue weighted by molar-refractivity contribution is 0.0325. The number of amides is 1. The molecule has 3 aromatic heterocycles. The molecule has 1 N–H and O–H groups in total. The number of ether oxygens (including phenoxy) is 1. The maximum absolute atomic E-state index is 13.5. The van der Waals surface area contributed by atoms with E-state index in [2.05, 4.69) is 38.6 Å². The first-order valence-corrected chi connectivity index (χ1v) is 12.0. The molecule has 0 unspecified atom stereocenters. The number of nitrogens with zero attached hydrogens (tertiary/aromatic N) is 5. The van der Waals surface area contributed by atoms with Crippen molar-refractivity contribution in [2.45, 2.75) is 32.5 Å². The Morgan fingerprint density at radius 2 is 2.06 bits per heavy atom. The van der Waals surface area contributed by atoms with Gasteiger partial charge in [0.1, 0.15) is 17.4 Å². The summed E-state index contributed by atoms with van der Waals surface area (Å²) >= 11 is 0. The van der Waals surface area contributed by atoms with Crippen molar-refractivity contribution in [3.63, 3.8) is 0 Å². The first kappa shape index (κ1) is 25.3. The van der Waals surface area contributed by atoms with Crippen LogP contribution in [0.5, 0.6) is 5.88 Å². The number of pyridine rings is 3. The summed E-state index contributed by atoms with van der Waals surface area (Å²) in [7, 11) is 2.03. The van der Waals surface area contributed by atoms with E-state index in [1.165, 1.54) is 0 Å². The third kappa shape index (κ3) is 6.25. The summed E-state index contributed by atoms with van der Waals surface area (Å²) in [4.78, 5) is 30.3. The van der Waals surface area contributed by atoms with E-state index in [-0.39, 0.29) is 36.5 Å². The summed E-state index contributed by atoms with van der Waals surface area (Å²) in [6.07, 6.45) is 6.69. The third-order valence-electron chi connectivity index (χ3n) is 6.19. The smallest absolute Gasteiger partial charge is 0.259 e. The Bertz CT molecular complexity index is 1230. The Kier molecular flexibility index (Phi) is 8.26. The van der Waals surface area contributed by atoms with Gasteiger partial charge in [-0.05, 0) is 49.7 Å². The topological polar surface area (TPSA) is 91.7 Å². The Morgan fingerprint density at radius 3 is 2.78 bits per heavy atom. The molecule has 4 rings (SSSR count). The first-order valence-electron chi connectivity index (χ1n) is 12.0. The van der Waals surface area contributed by atoms with Crippen LogP contribution in [0.25, 0.3) is 0 Å². The van der Waals surface area contributed by atoms with Crippen LogP contribution in [-0.4, -0.2) is 74.7 Å². The highest BCUT2D eigenvalue weighted by atomic mass is 16.5. The normalized spacial score (nSPS) is 18.4. The Balaban J connectivity index is 1.63. The number of likely N-dealkylation sites (N-methyl/N-ethyl adjacent to an activating group) is 1. The number of carbonyl (C=O) groups excluding carboxylic acids is 1.